The molecular formula is C16H15N3O2S. The molecule has 22 heavy (non-hydrogen) atoms. The number of rotatable bonds is 4. The largest absolute Gasteiger partial charge is 0.493 e. The third kappa shape index (κ3) is 2.27. The van der Waals surface area contributed by atoms with Crippen LogP contribution in [0.3, 0.4) is 0 Å². The number of nitrogens with zero attached hydrogens (tertiary/aromatic N) is 1. The van der Waals surface area contributed by atoms with Crippen molar-refractivity contribution in [3.63, 3.8) is 0 Å². The lowest BCUT2D eigenvalue weighted by atomic mass is 10.2. The first-order valence-electron chi connectivity index (χ1n) is 6.59. The van der Waals surface area contributed by atoms with Crippen LogP contribution in [0.4, 0.5) is 5.69 Å². The SMILES string of the molecule is COc1ccc(-c2nc3ccc(N)c(C=N)c3s2)cc1OC. The number of hydrogen-bond donors (Lipinski definition) is 2. The monoisotopic (exact) mass is 313 g/mol. The molecule has 0 bridgehead atoms. The Morgan fingerprint density at radius 2 is 1.91 bits per heavy atom. The topological polar surface area (TPSA) is 81.2 Å². The Bertz CT molecular complexity index is 858. The van der Waals surface area contributed by atoms with Crippen LogP contribution >= 0.6 is 11.3 Å². The Hall–Kier alpha value is -2.60. The normalized spacial score (nSPS) is 10.6. The number of aromatic nitrogens is 1. The number of ether oxygens (including phenoxy) is 2. The highest BCUT2D eigenvalue weighted by atomic mass is 32.1. The first-order chi connectivity index (χ1) is 10.7. The Balaban J connectivity index is 2.16. The van der Waals surface area contributed by atoms with Gasteiger partial charge in [0.1, 0.15) is 5.01 Å². The van der Waals surface area contributed by atoms with E-state index in [-0.39, 0.29) is 0 Å². The summed E-state index contributed by atoms with van der Waals surface area (Å²) in [6.45, 7) is 0. The highest BCUT2D eigenvalue weighted by molar-refractivity contribution is 7.22. The molecular weight excluding hydrogens is 298 g/mol. The fourth-order valence-corrected chi connectivity index (χ4v) is 3.36. The number of benzene rings is 2. The van der Waals surface area contributed by atoms with Crippen LogP contribution < -0.4 is 15.2 Å². The summed E-state index contributed by atoms with van der Waals surface area (Å²) in [6, 6.07) is 9.34. The molecule has 0 aliphatic carbocycles. The molecule has 112 valence electrons. The van der Waals surface area contributed by atoms with Crippen LogP contribution in [0.15, 0.2) is 30.3 Å². The second-order valence-electron chi connectivity index (χ2n) is 4.65. The van der Waals surface area contributed by atoms with Crippen LogP contribution in [-0.4, -0.2) is 25.4 Å². The molecule has 0 saturated heterocycles. The van der Waals surface area contributed by atoms with E-state index in [2.05, 4.69) is 4.98 Å². The molecule has 3 rings (SSSR count). The number of nitrogen functional groups attached to an aromatic ring is 1. The molecule has 1 heterocycles. The van der Waals surface area contributed by atoms with Crippen molar-refractivity contribution in [3.05, 3.63) is 35.9 Å². The highest BCUT2D eigenvalue weighted by Gasteiger charge is 2.13. The van der Waals surface area contributed by atoms with Crippen molar-refractivity contribution in [1.82, 2.24) is 4.98 Å². The molecule has 2 aromatic carbocycles. The van der Waals surface area contributed by atoms with E-state index in [1.54, 1.807) is 20.3 Å². The van der Waals surface area contributed by atoms with Crippen molar-refractivity contribution in [3.8, 4) is 22.1 Å². The minimum absolute atomic E-state index is 0.588. The molecule has 6 heteroatoms. The van der Waals surface area contributed by atoms with Gasteiger partial charge in [0.15, 0.2) is 11.5 Å². The average molecular weight is 313 g/mol. The summed E-state index contributed by atoms with van der Waals surface area (Å²) in [5, 5.41) is 8.39. The molecule has 3 N–H and O–H groups in total. The maximum absolute atomic E-state index is 7.53. The average Bonchev–Trinajstić information content (AvgIpc) is 2.98. The Labute approximate surface area is 131 Å². The predicted molar refractivity (Wildman–Crippen MR) is 90.5 cm³/mol. The third-order valence-corrected chi connectivity index (χ3v) is 4.56. The van der Waals surface area contributed by atoms with Crippen molar-refractivity contribution >= 4 is 33.5 Å². The van der Waals surface area contributed by atoms with Crippen LogP contribution in [0.2, 0.25) is 0 Å². The molecule has 0 aliphatic rings. The fraction of sp³-hybridized carbons (Fsp3) is 0.125. The van der Waals surface area contributed by atoms with Gasteiger partial charge in [-0.15, -0.1) is 11.3 Å². The van der Waals surface area contributed by atoms with Gasteiger partial charge in [0.25, 0.3) is 0 Å². The van der Waals surface area contributed by atoms with Crippen molar-refractivity contribution in [2.45, 2.75) is 0 Å². The van der Waals surface area contributed by atoms with E-state index < -0.39 is 0 Å². The summed E-state index contributed by atoms with van der Waals surface area (Å²) in [5.41, 5.74) is 8.99. The second kappa shape index (κ2) is 5.65. The van der Waals surface area contributed by atoms with Crippen LogP contribution in [0, 0.1) is 5.41 Å². The molecule has 1 aromatic heterocycles. The summed E-state index contributed by atoms with van der Waals surface area (Å²) >= 11 is 1.51. The number of hydrogen-bond acceptors (Lipinski definition) is 6. The van der Waals surface area contributed by atoms with E-state index in [1.807, 2.05) is 24.3 Å². The van der Waals surface area contributed by atoms with Crippen molar-refractivity contribution in [2.24, 2.45) is 0 Å². The molecule has 3 aromatic rings. The van der Waals surface area contributed by atoms with Crippen LogP contribution in [0.1, 0.15) is 5.56 Å². The van der Waals surface area contributed by atoms with E-state index in [4.69, 9.17) is 20.6 Å². The maximum atomic E-state index is 7.53. The summed E-state index contributed by atoms with van der Waals surface area (Å²) in [7, 11) is 3.21. The van der Waals surface area contributed by atoms with Gasteiger partial charge in [-0.25, -0.2) is 4.98 Å². The fourth-order valence-electron chi connectivity index (χ4n) is 2.27. The molecule has 0 spiro atoms. The lowest BCUT2D eigenvalue weighted by molar-refractivity contribution is 0.355. The van der Waals surface area contributed by atoms with Crippen LogP contribution in [-0.2, 0) is 0 Å². The van der Waals surface area contributed by atoms with Gasteiger partial charge in [0.05, 0.1) is 24.4 Å². The van der Waals surface area contributed by atoms with Gasteiger partial charge in [-0.2, -0.15) is 0 Å². The van der Waals surface area contributed by atoms with Gasteiger partial charge >= 0.3 is 0 Å². The molecule has 0 radical (unpaired) electrons. The van der Waals surface area contributed by atoms with Crippen molar-refractivity contribution < 1.29 is 9.47 Å². The molecule has 0 aliphatic heterocycles. The second-order valence-corrected chi connectivity index (χ2v) is 5.65. The van der Waals surface area contributed by atoms with E-state index in [0.29, 0.717) is 22.7 Å². The van der Waals surface area contributed by atoms with Gasteiger partial charge < -0.3 is 20.6 Å². The molecule has 5 nitrogen and oxygen atoms in total. The zero-order chi connectivity index (χ0) is 15.7. The van der Waals surface area contributed by atoms with Crippen LogP contribution in [0.5, 0.6) is 11.5 Å². The maximum Gasteiger partial charge on any atom is 0.161 e. The van der Waals surface area contributed by atoms with E-state index in [0.717, 1.165) is 20.8 Å². The summed E-state index contributed by atoms with van der Waals surface area (Å²) in [4.78, 5) is 4.63. The first-order valence-corrected chi connectivity index (χ1v) is 7.41. The summed E-state index contributed by atoms with van der Waals surface area (Å²) in [5.74, 6) is 1.34. The summed E-state index contributed by atoms with van der Waals surface area (Å²) in [6.07, 6.45) is 1.27. The predicted octanol–water partition coefficient (Wildman–Crippen LogP) is 3.56. The number of methoxy groups -OCH3 is 2. The Morgan fingerprint density at radius 1 is 1.14 bits per heavy atom. The number of nitrogens with one attached hydrogen (secondary N) is 1. The number of fused-ring (bicyclic) bond motifs is 1. The van der Waals surface area contributed by atoms with Gasteiger partial charge in [-0.05, 0) is 30.3 Å². The molecule has 0 atom stereocenters. The molecule has 0 saturated carbocycles. The summed E-state index contributed by atoms with van der Waals surface area (Å²) < 4.78 is 11.5. The molecule has 0 fully saturated rings. The first kappa shape index (κ1) is 14.3. The lowest BCUT2D eigenvalue weighted by Gasteiger charge is -2.08. The number of thiazole rings is 1. The number of anilines is 1. The molecule has 0 unspecified atom stereocenters. The van der Waals surface area contributed by atoms with E-state index in [9.17, 15) is 0 Å². The van der Waals surface area contributed by atoms with Crippen LogP contribution in [0.25, 0.3) is 20.8 Å². The lowest BCUT2D eigenvalue weighted by Crippen LogP contribution is -1.92. The van der Waals surface area contributed by atoms with Gasteiger partial charge in [0, 0.05) is 23.0 Å². The van der Waals surface area contributed by atoms with E-state index >= 15 is 0 Å². The minimum Gasteiger partial charge on any atom is -0.493 e. The van der Waals surface area contributed by atoms with Crippen molar-refractivity contribution in [2.75, 3.05) is 20.0 Å². The smallest absolute Gasteiger partial charge is 0.161 e. The third-order valence-electron chi connectivity index (χ3n) is 3.40. The zero-order valence-electron chi connectivity index (χ0n) is 12.2. The van der Waals surface area contributed by atoms with E-state index in [1.165, 1.54) is 17.6 Å². The Morgan fingerprint density at radius 3 is 2.59 bits per heavy atom. The standard InChI is InChI=1S/C16H15N3O2S/c1-20-13-6-3-9(7-14(13)21-2)16-19-12-5-4-11(18)10(8-17)15(12)22-16/h3-8,17H,18H2,1-2H3. The van der Waals surface area contributed by atoms with Crippen molar-refractivity contribution in [1.29, 1.82) is 5.41 Å². The quantitative estimate of drug-likeness (QED) is 0.570. The van der Waals surface area contributed by atoms with Gasteiger partial charge in [-0.1, -0.05) is 0 Å². The minimum atomic E-state index is 0.588. The Kier molecular flexibility index (Phi) is 3.68. The number of nitrogens with two attached hydrogens (primary N) is 1. The molecule has 0 amide bonds. The highest BCUT2D eigenvalue weighted by Crippen LogP contribution is 2.37. The van der Waals surface area contributed by atoms with Gasteiger partial charge in [0.2, 0.25) is 0 Å². The van der Waals surface area contributed by atoms with Gasteiger partial charge in [-0.3, -0.25) is 0 Å². The zero-order valence-corrected chi connectivity index (χ0v) is 13.0.